The Hall–Kier alpha value is -1.68. The van der Waals surface area contributed by atoms with Crippen LogP contribution in [0.25, 0.3) is 10.8 Å². The van der Waals surface area contributed by atoms with Crippen molar-refractivity contribution in [1.29, 1.82) is 0 Å². The quantitative estimate of drug-likeness (QED) is 0.918. The Balaban J connectivity index is 1.95. The van der Waals surface area contributed by atoms with Crippen LogP contribution in [0.15, 0.2) is 24.3 Å². The van der Waals surface area contributed by atoms with Crippen molar-refractivity contribution >= 4 is 16.6 Å². The molecule has 0 amide bonds. The molecule has 1 N–H and O–H groups in total. The fourth-order valence-electron chi connectivity index (χ4n) is 2.89. The fourth-order valence-corrected chi connectivity index (χ4v) is 2.89. The van der Waals surface area contributed by atoms with Gasteiger partial charge in [-0.3, -0.25) is 0 Å². The minimum Gasteiger partial charge on any atom is -0.379 e. The number of nitrogens with one attached hydrogen (secondary N) is 1. The van der Waals surface area contributed by atoms with E-state index in [-0.39, 0.29) is 6.10 Å². The van der Waals surface area contributed by atoms with E-state index in [1.807, 2.05) is 19.1 Å². The van der Waals surface area contributed by atoms with Gasteiger partial charge in [0.2, 0.25) is 0 Å². The highest BCUT2D eigenvalue weighted by atomic mass is 16.5. The van der Waals surface area contributed by atoms with Gasteiger partial charge in [-0.1, -0.05) is 24.3 Å². The molecule has 1 aromatic heterocycles. The summed E-state index contributed by atoms with van der Waals surface area (Å²) in [6.45, 7) is 1.99. The smallest absolute Gasteiger partial charge is 0.156 e. The number of methoxy groups -OCH3 is 1. The summed E-state index contributed by atoms with van der Waals surface area (Å²) in [7, 11) is 1.78. The average molecular weight is 257 g/mol. The Morgan fingerprint density at radius 2 is 1.95 bits per heavy atom. The SMILES string of the molecule is COC1CCCC1Nc1nnc(C)c2ccccc12. The topological polar surface area (TPSA) is 47.0 Å². The molecule has 2 aromatic rings. The van der Waals surface area contributed by atoms with Gasteiger partial charge < -0.3 is 10.1 Å². The summed E-state index contributed by atoms with van der Waals surface area (Å²) < 4.78 is 5.52. The average Bonchev–Trinajstić information content (AvgIpc) is 2.89. The van der Waals surface area contributed by atoms with Crippen molar-refractivity contribution in [1.82, 2.24) is 10.2 Å². The van der Waals surface area contributed by atoms with Crippen molar-refractivity contribution in [2.24, 2.45) is 0 Å². The Morgan fingerprint density at radius 3 is 2.74 bits per heavy atom. The van der Waals surface area contributed by atoms with Crippen molar-refractivity contribution in [2.75, 3.05) is 12.4 Å². The Bertz CT molecular complexity index is 585. The van der Waals surface area contributed by atoms with Crippen LogP contribution in [0.2, 0.25) is 0 Å². The zero-order valence-corrected chi connectivity index (χ0v) is 11.4. The zero-order valence-electron chi connectivity index (χ0n) is 11.4. The maximum atomic E-state index is 5.52. The Labute approximate surface area is 113 Å². The first-order chi connectivity index (χ1) is 9.29. The number of benzene rings is 1. The van der Waals surface area contributed by atoms with Crippen molar-refractivity contribution in [2.45, 2.75) is 38.3 Å². The normalized spacial score (nSPS) is 22.8. The monoisotopic (exact) mass is 257 g/mol. The summed E-state index contributed by atoms with van der Waals surface area (Å²) in [6.07, 6.45) is 3.73. The number of anilines is 1. The maximum Gasteiger partial charge on any atom is 0.156 e. The Kier molecular flexibility index (Phi) is 3.34. The predicted molar refractivity (Wildman–Crippen MR) is 76.3 cm³/mol. The molecule has 0 saturated heterocycles. The molecule has 1 heterocycles. The van der Waals surface area contributed by atoms with Crippen LogP contribution in [0.5, 0.6) is 0 Å². The van der Waals surface area contributed by atoms with Crippen LogP contribution < -0.4 is 5.32 Å². The third-order valence-electron chi connectivity index (χ3n) is 3.95. The number of rotatable bonds is 3. The summed E-state index contributed by atoms with van der Waals surface area (Å²) in [5.74, 6) is 0.871. The van der Waals surface area contributed by atoms with Crippen molar-refractivity contribution in [3.05, 3.63) is 30.0 Å². The van der Waals surface area contributed by atoms with E-state index < -0.39 is 0 Å². The van der Waals surface area contributed by atoms with E-state index in [0.29, 0.717) is 6.04 Å². The van der Waals surface area contributed by atoms with E-state index in [1.165, 1.54) is 6.42 Å². The third-order valence-corrected chi connectivity index (χ3v) is 3.95. The van der Waals surface area contributed by atoms with Crippen molar-refractivity contribution in [3.8, 4) is 0 Å². The number of fused-ring (bicyclic) bond motifs is 1. The lowest BCUT2D eigenvalue weighted by Gasteiger charge is -2.20. The second-order valence-corrected chi connectivity index (χ2v) is 5.14. The van der Waals surface area contributed by atoms with Crippen LogP contribution in [-0.4, -0.2) is 29.5 Å². The highest BCUT2D eigenvalue weighted by molar-refractivity contribution is 5.92. The third kappa shape index (κ3) is 2.28. The van der Waals surface area contributed by atoms with Gasteiger partial charge in [0.1, 0.15) is 0 Å². The second-order valence-electron chi connectivity index (χ2n) is 5.14. The van der Waals surface area contributed by atoms with Gasteiger partial charge in [0.05, 0.1) is 17.8 Å². The van der Waals surface area contributed by atoms with Crippen molar-refractivity contribution in [3.63, 3.8) is 0 Å². The van der Waals surface area contributed by atoms with Crippen molar-refractivity contribution < 1.29 is 4.74 Å². The molecular weight excluding hydrogens is 238 g/mol. The number of nitrogens with zero attached hydrogens (tertiary/aromatic N) is 2. The molecule has 0 bridgehead atoms. The van der Waals surface area contributed by atoms with Gasteiger partial charge >= 0.3 is 0 Å². The lowest BCUT2D eigenvalue weighted by molar-refractivity contribution is 0.101. The molecule has 2 unspecified atom stereocenters. The second kappa shape index (κ2) is 5.13. The summed E-state index contributed by atoms with van der Waals surface area (Å²) in [5, 5.41) is 14.4. The standard InChI is InChI=1S/C15H19N3O/c1-10-11-6-3-4-7-12(11)15(18-17-10)16-13-8-5-9-14(13)19-2/h3-4,6-7,13-14H,5,8-9H2,1-2H3,(H,16,18). The van der Waals surface area contributed by atoms with Gasteiger partial charge in [-0.05, 0) is 26.2 Å². The highest BCUT2D eigenvalue weighted by Gasteiger charge is 2.27. The molecule has 1 fully saturated rings. The number of aromatic nitrogens is 2. The highest BCUT2D eigenvalue weighted by Crippen LogP contribution is 2.28. The molecule has 0 spiro atoms. The molecule has 1 aliphatic carbocycles. The first-order valence-corrected chi connectivity index (χ1v) is 6.81. The molecule has 0 aliphatic heterocycles. The van der Waals surface area contributed by atoms with Gasteiger partial charge in [0, 0.05) is 17.9 Å². The molecular formula is C15H19N3O. The van der Waals surface area contributed by atoms with E-state index in [4.69, 9.17) is 4.74 Å². The molecule has 1 aliphatic rings. The number of hydrogen-bond acceptors (Lipinski definition) is 4. The molecule has 1 aromatic carbocycles. The van der Waals surface area contributed by atoms with Crippen LogP contribution >= 0.6 is 0 Å². The largest absolute Gasteiger partial charge is 0.379 e. The molecule has 3 rings (SSSR count). The molecule has 19 heavy (non-hydrogen) atoms. The number of hydrogen-bond donors (Lipinski definition) is 1. The summed E-state index contributed by atoms with van der Waals surface area (Å²) in [4.78, 5) is 0. The Morgan fingerprint density at radius 1 is 1.16 bits per heavy atom. The number of ether oxygens (including phenoxy) is 1. The lowest BCUT2D eigenvalue weighted by Crippen LogP contribution is -2.30. The maximum absolute atomic E-state index is 5.52. The van der Waals surface area contributed by atoms with Crippen LogP contribution in [0.3, 0.4) is 0 Å². The molecule has 0 radical (unpaired) electrons. The first kappa shape index (κ1) is 12.4. The van der Waals surface area contributed by atoms with E-state index >= 15 is 0 Å². The molecule has 4 nitrogen and oxygen atoms in total. The first-order valence-electron chi connectivity index (χ1n) is 6.81. The van der Waals surface area contributed by atoms with Crippen LogP contribution in [0.4, 0.5) is 5.82 Å². The van der Waals surface area contributed by atoms with Gasteiger partial charge in [-0.15, -0.1) is 5.10 Å². The molecule has 4 heteroatoms. The summed E-state index contributed by atoms with van der Waals surface area (Å²) in [5.41, 5.74) is 0.968. The van der Waals surface area contributed by atoms with Crippen LogP contribution in [0, 0.1) is 6.92 Å². The fraction of sp³-hybridized carbons (Fsp3) is 0.467. The summed E-state index contributed by atoms with van der Waals surface area (Å²) in [6, 6.07) is 8.60. The summed E-state index contributed by atoms with van der Waals surface area (Å²) >= 11 is 0. The van der Waals surface area contributed by atoms with Crippen LogP contribution in [0.1, 0.15) is 25.0 Å². The molecule has 100 valence electrons. The predicted octanol–water partition coefficient (Wildman–Crippen LogP) is 2.92. The van der Waals surface area contributed by atoms with Gasteiger partial charge in [-0.25, -0.2) is 0 Å². The minimum absolute atomic E-state index is 0.280. The zero-order chi connectivity index (χ0) is 13.2. The van der Waals surface area contributed by atoms with Crippen LogP contribution in [-0.2, 0) is 4.74 Å². The van der Waals surface area contributed by atoms with Gasteiger partial charge in [0.15, 0.2) is 5.82 Å². The van der Waals surface area contributed by atoms with E-state index in [0.717, 1.165) is 35.1 Å². The van der Waals surface area contributed by atoms with Gasteiger partial charge in [0.25, 0.3) is 0 Å². The minimum atomic E-state index is 0.280. The lowest BCUT2D eigenvalue weighted by atomic mass is 10.1. The molecule has 1 saturated carbocycles. The van der Waals surface area contributed by atoms with E-state index in [1.54, 1.807) is 7.11 Å². The van der Waals surface area contributed by atoms with E-state index in [2.05, 4.69) is 27.6 Å². The van der Waals surface area contributed by atoms with Gasteiger partial charge in [-0.2, -0.15) is 5.10 Å². The van der Waals surface area contributed by atoms with E-state index in [9.17, 15) is 0 Å². The molecule has 2 atom stereocenters. The number of aryl methyl sites for hydroxylation is 1.